The maximum atomic E-state index is 13.4. The molecule has 0 saturated heterocycles. The number of para-hydroxylation sites is 1. The van der Waals surface area contributed by atoms with E-state index in [0.29, 0.717) is 5.69 Å². The van der Waals surface area contributed by atoms with Gasteiger partial charge in [0.05, 0.1) is 5.69 Å². The Hall–Kier alpha value is -2.48. The van der Waals surface area contributed by atoms with E-state index in [1.54, 1.807) is 31.2 Å². The van der Waals surface area contributed by atoms with Gasteiger partial charge in [-0.15, -0.1) is 0 Å². The highest BCUT2D eigenvalue weighted by atomic mass is 19.1. The molecule has 0 aliphatic heterocycles. The molecule has 1 heterocycles. The fourth-order valence-electron chi connectivity index (χ4n) is 1.36. The summed E-state index contributed by atoms with van der Waals surface area (Å²) in [5.74, 6) is -0.178. The number of aryl methyl sites for hydroxylation is 1. The lowest BCUT2D eigenvalue weighted by Gasteiger charge is -2.06. The largest absolute Gasteiger partial charge is 0.322 e. The maximum absolute atomic E-state index is 13.4. The molecule has 0 saturated carbocycles. The Balaban J connectivity index is 2.34. The molecule has 0 fully saturated rings. The third kappa shape index (κ3) is 2.55. The standard InChI is InChI=1S/C12H9FN4/c1-8-6-9(7-14)16-12(15-8)17-11-5-3-2-4-10(11)13/h2-6H,1H3,(H,15,16,17). The zero-order chi connectivity index (χ0) is 12.3. The van der Waals surface area contributed by atoms with Crippen LogP contribution in [0.2, 0.25) is 0 Å². The van der Waals surface area contributed by atoms with Crippen molar-refractivity contribution in [2.45, 2.75) is 6.92 Å². The van der Waals surface area contributed by atoms with E-state index in [2.05, 4.69) is 15.3 Å². The Morgan fingerprint density at radius 1 is 1.29 bits per heavy atom. The van der Waals surface area contributed by atoms with Crippen LogP contribution < -0.4 is 5.32 Å². The third-order valence-corrected chi connectivity index (χ3v) is 2.09. The van der Waals surface area contributed by atoms with Crippen molar-refractivity contribution in [3.63, 3.8) is 0 Å². The lowest BCUT2D eigenvalue weighted by Crippen LogP contribution is -2.01. The molecule has 2 aromatic rings. The van der Waals surface area contributed by atoms with Gasteiger partial charge in [0.25, 0.3) is 0 Å². The summed E-state index contributed by atoms with van der Waals surface area (Å²) in [5, 5.41) is 11.5. The molecular formula is C12H9FN4. The first-order valence-corrected chi connectivity index (χ1v) is 4.96. The first kappa shape index (κ1) is 11.0. The van der Waals surface area contributed by atoms with Crippen molar-refractivity contribution in [2.24, 2.45) is 0 Å². The number of hydrogen-bond acceptors (Lipinski definition) is 4. The number of anilines is 2. The molecule has 17 heavy (non-hydrogen) atoms. The van der Waals surface area contributed by atoms with Gasteiger partial charge in [0.2, 0.25) is 5.95 Å². The SMILES string of the molecule is Cc1cc(C#N)nc(Nc2ccccc2F)n1. The number of aromatic nitrogens is 2. The van der Waals surface area contributed by atoms with Crippen molar-refractivity contribution in [1.82, 2.24) is 9.97 Å². The van der Waals surface area contributed by atoms with Gasteiger partial charge in [-0.05, 0) is 25.1 Å². The molecule has 0 unspecified atom stereocenters. The average Bonchev–Trinajstić information content (AvgIpc) is 2.31. The molecule has 1 aromatic heterocycles. The minimum absolute atomic E-state index is 0.214. The molecule has 0 spiro atoms. The van der Waals surface area contributed by atoms with Gasteiger partial charge >= 0.3 is 0 Å². The van der Waals surface area contributed by atoms with Crippen LogP contribution in [0.4, 0.5) is 16.0 Å². The fourth-order valence-corrected chi connectivity index (χ4v) is 1.36. The summed E-state index contributed by atoms with van der Waals surface area (Å²) in [6, 6.07) is 9.70. The summed E-state index contributed by atoms with van der Waals surface area (Å²) in [6.45, 7) is 1.75. The van der Waals surface area contributed by atoms with Gasteiger partial charge in [0, 0.05) is 5.69 Å². The number of benzene rings is 1. The van der Waals surface area contributed by atoms with Crippen LogP contribution >= 0.6 is 0 Å². The first-order chi connectivity index (χ1) is 8.19. The minimum atomic E-state index is -0.392. The zero-order valence-corrected chi connectivity index (χ0v) is 9.11. The van der Waals surface area contributed by atoms with Crippen LogP contribution in [0.15, 0.2) is 30.3 Å². The number of halogens is 1. The molecular weight excluding hydrogens is 219 g/mol. The highest BCUT2D eigenvalue weighted by Crippen LogP contribution is 2.17. The van der Waals surface area contributed by atoms with E-state index in [1.165, 1.54) is 6.07 Å². The quantitative estimate of drug-likeness (QED) is 0.857. The lowest BCUT2D eigenvalue weighted by atomic mass is 10.3. The van der Waals surface area contributed by atoms with E-state index < -0.39 is 5.82 Å². The monoisotopic (exact) mass is 228 g/mol. The van der Waals surface area contributed by atoms with Gasteiger partial charge in [0.1, 0.15) is 17.6 Å². The molecule has 0 amide bonds. The number of nitriles is 1. The summed E-state index contributed by atoms with van der Waals surface area (Å²) in [7, 11) is 0. The second-order valence-electron chi connectivity index (χ2n) is 3.43. The van der Waals surface area contributed by atoms with E-state index in [0.717, 1.165) is 0 Å². The topological polar surface area (TPSA) is 61.6 Å². The van der Waals surface area contributed by atoms with Crippen LogP contribution in [-0.4, -0.2) is 9.97 Å². The number of hydrogen-bond donors (Lipinski definition) is 1. The molecule has 2 rings (SSSR count). The van der Waals surface area contributed by atoms with E-state index in [4.69, 9.17) is 5.26 Å². The summed E-state index contributed by atoms with van der Waals surface area (Å²) in [5.41, 5.74) is 1.17. The third-order valence-electron chi connectivity index (χ3n) is 2.09. The van der Waals surface area contributed by atoms with Gasteiger partial charge < -0.3 is 5.32 Å². The molecule has 0 atom stereocenters. The number of nitrogens with one attached hydrogen (secondary N) is 1. The van der Waals surface area contributed by atoms with Gasteiger partial charge in [-0.25, -0.2) is 14.4 Å². The van der Waals surface area contributed by atoms with Gasteiger partial charge in [-0.1, -0.05) is 12.1 Å². The highest BCUT2D eigenvalue weighted by molar-refractivity contribution is 5.54. The fraction of sp³-hybridized carbons (Fsp3) is 0.0833. The Kier molecular flexibility index (Phi) is 2.97. The van der Waals surface area contributed by atoms with Crippen LogP contribution in [0.1, 0.15) is 11.4 Å². The highest BCUT2D eigenvalue weighted by Gasteiger charge is 2.05. The van der Waals surface area contributed by atoms with Crippen molar-refractivity contribution in [3.8, 4) is 6.07 Å². The van der Waals surface area contributed by atoms with E-state index in [9.17, 15) is 4.39 Å². The van der Waals surface area contributed by atoms with Crippen molar-refractivity contribution < 1.29 is 4.39 Å². The number of nitrogens with zero attached hydrogens (tertiary/aromatic N) is 3. The summed E-state index contributed by atoms with van der Waals surface area (Å²) >= 11 is 0. The Morgan fingerprint density at radius 2 is 2.06 bits per heavy atom. The maximum Gasteiger partial charge on any atom is 0.228 e. The average molecular weight is 228 g/mol. The van der Waals surface area contributed by atoms with Gasteiger partial charge in [0.15, 0.2) is 0 Å². The minimum Gasteiger partial charge on any atom is -0.322 e. The summed E-state index contributed by atoms with van der Waals surface area (Å²) < 4.78 is 13.4. The van der Waals surface area contributed by atoms with Gasteiger partial charge in [-0.3, -0.25) is 0 Å². The molecule has 0 aliphatic rings. The van der Waals surface area contributed by atoms with Crippen molar-refractivity contribution in [2.75, 3.05) is 5.32 Å². The van der Waals surface area contributed by atoms with Crippen LogP contribution in [0.3, 0.4) is 0 Å². The van der Waals surface area contributed by atoms with Crippen LogP contribution in [-0.2, 0) is 0 Å². The Bertz CT molecular complexity index is 589. The molecule has 0 aliphatic carbocycles. The molecule has 84 valence electrons. The molecule has 1 aromatic carbocycles. The molecule has 1 N–H and O–H groups in total. The lowest BCUT2D eigenvalue weighted by molar-refractivity contribution is 0.631. The van der Waals surface area contributed by atoms with Crippen molar-refractivity contribution >= 4 is 11.6 Å². The van der Waals surface area contributed by atoms with Gasteiger partial charge in [-0.2, -0.15) is 5.26 Å². The second kappa shape index (κ2) is 4.58. The van der Waals surface area contributed by atoms with E-state index >= 15 is 0 Å². The predicted molar refractivity (Wildman–Crippen MR) is 61.2 cm³/mol. The first-order valence-electron chi connectivity index (χ1n) is 4.96. The Morgan fingerprint density at radius 3 is 2.76 bits per heavy atom. The normalized spacial score (nSPS) is 9.71. The second-order valence-corrected chi connectivity index (χ2v) is 3.43. The van der Waals surface area contributed by atoms with Crippen molar-refractivity contribution in [3.05, 3.63) is 47.5 Å². The molecule has 0 bridgehead atoms. The van der Waals surface area contributed by atoms with E-state index in [-0.39, 0.29) is 17.3 Å². The molecule has 5 heteroatoms. The zero-order valence-electron chi connectivity index (χ0n) is 9.11. The predicted octanol–water partition coefficient (Wildman–Crippen LogP) is 2.54. The molecule has 0 radical (unpaired) electrons. The van der Waals surface area contributed by atoms with Crippen LogP contribution in [0.5, 0.6) is 0 Å². The summed E-state index contributed by atoms with van der Waals surface area (Å²) in [6.07, 6.45) is 0. The Labute approximate surface area is 97.8 Å². The number of rotatable bonds is 2. The summed E-state index contributed by atoms with van der Waals surface area (Å²) in [4.78, 5) is 8.02. The smallest absolute Gasteiger partial charge is 0.228 e. The van der Waals surface area contributed by atoms with Crippen molar-refractivity contribution in [1.29, 1.82) is 5.26 Å². The van der Waals surface area contributed by atoms with Crippen LogP contribution in [0, 0.1) is 24.1 Å². The molecule has 4 nitrogen and oxygen atoms in total. The van der Waals surface area contributed by atoms with E-state index in [1.807, 2.05) is 6.07 Å². The van der Waals surface area contributed by atoms with Crippen LogP contribution in [0.25, 0.3) is 0 Å².